The molecule has 20 heavy (non-hydrogen) atoms. The summed E-state index contributed by atoms with van der Waals surface area (Å²) in [5, 5.41) is 0.322. The lowest BCUT2D eigenvalue weighted by Gasteiger charge is -2.20. The Kier molecular flexibility index (Phi) is 4.52. The van der Waals surface area contributed by atoms with Crippen molar-refractivity contribution < 1.29 is 4.39 Å². The van der Waals surface area contributed by atoms with Crippen LogP contribution in [0.1, 0.15) is 26.5 Å². The second-order valence-electron chi connectivity index (χ2n) is 5.38. The Labute approximate surface area is 139 Å². The largest absolute Gasteiger partial charge is 0.231 e. The molecule has 0 amide bonds. The highest BCUT2D eigenvalue weighted by Gasteiger charge is 2.23. The monoisotopic (exact) mass is 420 g/mol. The predicted molar refractivity (Wildman–Crippen MR) is 86.5 cm³/mol. The van der Waals surface area contributed by atoms with Crippen LogP contribution in [0.4, 0.5) is 4.39 Å². The molecule has 0 spiro atoms. The van der Waals surface area contributed by atoms with Gasteiger partial charge in [0.15, 0.2) is 5.82 Å². The molecule has 2 aromatic rings. The number of hydrogen-bond acceptors (Lipinski definition) is 2. The van der Waals surface area contributed by atoms with E-state index in [0.29, 0.717) is 25.5 Å². The van der Waals surface area contributed by atoms with Gasteiger partial charge < -0.3 is 0 Å². The summed E-state index contributed by atoms with van der Waals surface area (Å²) in [5.41, 5.74) is 1.18. The highest BCUT2D eigenvalue weighted by molar-refractivity contribution is 9.10. The number of benzene rings is 1. The van der Waals surface area contributed by atoms with Gasteiger partial charge in [-0.3, -0.25) is 0 Å². The first kappa shape index (κ1) is 15.9. The van der Waals surface area contributed by atoms with Gasteiger partial charge in [-0.1, -0.05) is 32.4 Å². The number of rotatable bonds is 1. The highest BCUT2D eigenvalue weighted by atomic mass is 79.9. The number of halogens is 4. The summed E-state index contributed by atoms with van der Waals surface area (Å²) in [6, 6.07) is 4.76. The van der Waals surface area contributed by atoms with Crippen LogP contribution in [0.15, 0.2) is 27.1 Å². The van der Waals surface area contributed by atoms with Crippen molar-refractivity contribution in [1.29, 1.82) is 0 Å². The average Bonchev–Trinajstić information content (AvgIpc) is 2.34. The molecule has 0 N–H and O–H groups in total. The molecule has 0 saturated carbocycles. The van der Waals surface area contributed by atoms with Crippen molar-refractivity contribution in [3.8, 4) is 11.4 Å². The van der Waals surface area contributed by atoms with Gasteiger partial charge in [0.25, 0.3) is 0 Å². The Morgan fingerprint density at radius 3 is 2.35 bits per heavy atom. The van der Waals surface area contributed by atoms with Gasteiger partial charge in [-0.2, -0.15) is 0 Å². The summed E-state index contributed by atoms with van der Waals surface area (Å²) in [4.78, 5) is 8.73. The third-order valence-corrected chi connectivity index (χ3v) is 4.60. The molecule has 2 nitrogen and oxygen atoms in total. The van der Waals surface area contributed by atoms with Crippen molar-refractivity contribution in [1.82, 2.24) is 9.97 Å². The Bertz CT molecular complexity index is 669. The topological polar surface area (TPSA) is 25.8 Å². The zero-order valence-electron chi connectivity index (χ0n) is 11.1. The van der Waals surface area contributed by atoms with Crippen LogP contribution in [0.2, 0.25) is 5.15 Å². The van der Waals surface area contributed by atoms with Crippen LogP contribution in [0.5, 0.6) is 0 Å². The molecule has 1 aromatic heterocycles. The molecule has 106 valence electrons. The summed E-state index contributed by atoms with van der Waals surface area (Å²) in [7, 11) is 0. The van der Waals surface area contributed by atoms with E-state index in [1.807, 2.05) is 20.8 Å². The van der Waals surface area contributed by atoms with Crippen LogP contribution in [-0.4, -0.2) is 9.97 Å². The summed E-state index contributed by atoms with van der Waals surface area (Å²) in [6.07, 6.45) is 0. The molecule has 0 saturated heterocycles. The SMILES string of the molecule is CC(C)(C)c1nc(-c2ccc(Br)c(F)c2)nc(Cl)c1Br. The fourth-order valence-electron chi connectivity index (χ4n) is 1.68. The average molecular weight is 423 g/mol. The van der Waals surface area contributed by atoms with E-state index in [9.17, 15) is 4.39 Å². The van der Waals surface area contributed by atoms with Gasteiger partial charge in [0.2, 0.25) is 0 Å². The molecule has 0 atom stereocenters. The van der Waals surface area contributed by atoms with E-state index < -0.39 is 0 Å². The zero-order chi connectivity index (χ0) is 15.1. The van der Waals surface area contributed by atoms with Gasteiger partial charge in [0.1, 0.15) is 11.0 Å². The lowest BCUT2D eigenvalue weighted by Crippen LogP contribution is -2.16. The standard InChI is InChI=1S/C14H12Br2ClFN2/c1-14(2,3)11-10(16)12(17)20-13(19-11)7-4-5-8(15)9(18)6-7/h4-6H,1-3H3. The minimum Gasteiger partial charge on any atom is -0.231 e. The van der Waals surface area contributed by atoms with Crippen LogP contribution in [0, 0.1) is 5.82 Å². The van der Waals surface area contributed by atoms with Crippen LogP contribution in [0.25, 0.3) is 11.4 Å². The third kappa shape index (κ3) is 3.21. The molecule has 0 aliphatic heterocycles. The lowest BCUT2D eigenvalue weighted by molar-refractivity contribution is 0.564. The van der Waals surface area contributed by atoms with Crippen molar-refractivity contribution in [2.24, 2.45) is 0 Å². The van der Waals surface area contributed by atoms with E-state index >= 15 is 0 Å². The molecule has 0 radical (unpaired) electrons. The van der Waals surface area contributed by atoms with Crippen LogP contribution < -0.4 is 0 Å². The van der Waals surface area contributed by atoms with Gasteiger partial charge in [-0.25, -0.2) is 14.4 Å². The second kappa shape index (κ2) is 5.70. The first-order valence-corrected chi connectivity index (χ1v) is 7.85. The third-order valence-electron chi connectivity index (χ3n) is 2.70. The van der Waals surface area contributed by atoms with E-state index in [1.54, 1.807) is 12.1 Å². The first-order valence-electron chi connectivity index (χ1n) is 5.89. The van der Waals surface area contributed by atoms with Crippen molar-refractivity contribution in [2.45, 2.75) is 26.2 Å². The van der Waals surface area contributed by atoms with Crippen molar-refractivity contribution in [3.05, 3.63) is 43.8 Å². The smallest absolute Gasteiger partial charge is 0.161 e. The normalized spacial score (nSPS) is 11.8. The molecule has 2 rings (SSSR count). The lowest BCUT2D eigenvalue weighted by atomic mass is 9.92. The molecular formula is C14H12Br2ClFN2. The zero-order valence-corrected chi connectivity index (χ0v) is 15.1. The summed E-state index contributed by atoms with van der Waals surface area (Å²) in [5.74, 6) is 0.0528. The van der Waals surface area contributed by atoms with E-state index in [1.165, 1.54) is 6.07 Å². The van der Waals surface area contributed by atoms with Gasteiger partial charge in [0.05, 0.1) is 14.6 Å². The second-order valence-corrected chi connectivity index (χ2v) is 7.38. The number of aromatic nitrogens is 2. The quantitative estimate of drug-likeness (QED) is 0.546. The molecule has 0 bridgehead atoms. The first-order chi connectivity index (χ1) is 9.20. The van der Waals surface area contributed by atoms with E-state index in [2.05, 4.69) is 41.8 Å². The summed E-state index contributed by atoms with van der Waals surface area (Å²) >= 11 is 12.7. The fraction of sp³-hybridized carbons (Fsp3) is 0.286. The Balaban J connectivity index is 2.63. The number of hydrogen-bond donors (Lipinski definition) is 0. The van der Waals surface area contributed by atoms with E-state index in [-0.39, 0.29) is 11.2 Å². The Morgan fingerprint density at radius 1 is 1.15 bits per heavy atom. The summed E-state index contributed by atoms with van der Waals surface area (Å²) < 4.78 is 14.7. The van der Waals surface area contributed by atoms with Crippen molar-refractivity contribution in [3.63, 3.8) is 0 Å². The predicted octanol–water partition coefficient (Wildman–Crippen LogP) is 5.76. The highest BCUT2D eigenvalue weighted by Crippen LogP contribution is 2.34. The molecule has 6 heteroatoms. The van der Waals surface area contributed by atoms with Crippen LogP contribution in [0.3, 0.4) is 0 Å². The fourth-order valence-corrected chi connectivity index (χ4v) is 2.87. The summed E-state index contributed by atoms with van der Waals surface area (Å²) in [6.45, 7) is 6.09. The van der Waals surface area contributed by atoms with Crippen LogP contribution >= 0.6 is 43.5 Å². The van der Waals surface area contributed by atoms with Crippen molar-refractivity contribution >= 4 is 43.5 Å². The van der Waals surface area contributed by atoms with Gasteiger partial charge >= 0.3 is 0 Å². The maximum Gasteiger partial charge on any atom is 0.161 e. The Morgan fingerprint density at radius 2 is 1.80 bits per heavy atom. The van der Waals surface area contributed by atoms with Crippen LogP contribution in [-0.2, 0) is 5.41 Å². The molecular weight excluding hydrogens is 410 g/mol. The minimum absolute atomic E-state index is 0.200. The molecule has 0 aliphatic carbocycles. The van der Waals surface area contributed by atoms with Crippen molar-refractivity contribution in [2.75, 3.05) is 0 Å². The maximum atomic E-state index is 13.6. The number of nitrogens with zero attached hydrogens (tertiary/aromatic N) is 2. The molecule has 1 aromatic carbocycles. The van der Waals surface area contributed by atoms with Gasteiger partial charge in [-0.15, -0.1) is 0 Å². The Hall–Kier alpha value is -0.520. The van der Waals surface area contributed by atoms with E-state index in [4.69, 9.17) is 11.6 Å². The maximum absolute atomic E-state index is 13.6. The van der Waals surface area contributed by atoms with Gasteiger partial charge in [-0.05, 0) is 50.1 Å². The van der Waals surface area contributed by atoms with E-state index in [0.717, 1.165) is 5.69 Å². The molecule has 0 fully saturated rings. The molecule has 0 aliphatic rings. The van der Waals surface area contributed by atoms with Gasteiger partial charge in [0, 0.05) is 11.0 Å². The molecule has 1 heterocycles. The minimum atomic E-state index is -0.359. The molecule has 0 unspecified atom stereocenters.